The molecule has 2 heterocycles. The summed E-state index contributed by atoms with van der Waals surface area (Å²) in [5, 5.41) is 12.8. The summed E-state index contributed by atoms with van der Waals surface area (Å²) in [6.45, 7) is 4.97. The number of carboxylic acids is 1. The molecule has 0 aromatic rings. The van der Waals surface area contributed by atoms with Crippen molar-refractivity contribution >= 4 is 11.9 Å². The topological polar surface area (TPSA) is 69.6 Å². The largest absolute Gasteiger partial charge is 0.480 e. The highest BCUT2D eigenvalue weighted by atomic mass is 16.4. The maximum absolute atomic E-state index is 12.8. The van der Waals surface area contributed by atoms with Crippen molar-refractivity contribution < 1.29 is 14.7 Å². The van der Waals surface area contributed by atoms with Crippen LogP contribution in [0.3, 0.4) is 0 Å². The van der Waals surface area contributed by atoms with Crippen molar-refractivity contribution in [1.29, 1.82) is 0 Å². The summed E-state index contributed by atoms with van der Waals surface area (Å²) in [7, 11) is 0. The zero-order valence-electron chi connectivity index (χ0n) is 11.9. The number of carbonyl (C=O) groups excluding carboxylic acids is 1. The van der Waals surface area contributed by atoms with Crippen molar-refractivity contribution in [3.63, 3.8) is 0 Å². The quantitative estimate of drug-likeness (QED) is 0.793. The first-order chi connectivity index (χ1) is 8.90. The highest BCUT2D eigenvalue weighted by Gasteiger charge is 2.48. The number of piperidine rings is 2. The van der Waals surface area contributed by atoms with Crippen molar-refractivity contribution in [3.8, 4) is 0 Å². The van der Waals surface area contributed by atoms with Gasteiger partial charge in [-0.15, -0.1) is 0 Å². The second-order valence-corrected chi connectivity index (χ2v) is 6.21. The molecule has 2 N–H and O–H groups in total. The summed E-state index contributed by atoms with van der Waals surface area (Å²) < 4.78 is 0. The van der Waals surface area contributed by atoms with Crippen LogP contribution in [0.4, 0.5) is 0 Å². The Kier molecular flexibility index (Phi) is 3.85. The number of aliphatic carboxylic acids is 1. The van der Waals surface area contributed by atoms with Gasteiger partial charge in [-0.3, -0.25) is 4.79 Å². The van der Waals surface area contributed by atoms with Crippen LogP contribution in [0.1, 0.15) is 52.4 Å². The van der Waals surface area contributed by atoms with E-state index in [4.69, 9.17) is 0 Å². The fraction of sp³-hybridized carbons (Fsp3) is 0.857. The van der Waals surface area contributed by atoms with Gasteiger partial charge < -0.3 is 15.3 Å². The Morgan fingerprint density at radius 3 is 2.37 bits per heavy atom. The van der Waals surface area contributed by atoms with E-state index in [1.165, 1.54) is 0 Å². The molecule has 5 nitrogen and oxygen atoms in total. The molecule has 2 fully saturated rings. The van der Waals surface area contributed by atoms with Gasteiger partial charge in [0.15, 0.2) is 0 Å². The number of nitrogens with one attached hydrogen (secondary N) is 1. The molecule has 0 spiro atoms. The van der Waals surface area contributed by atoms with Gasteiger partial charge >= 0.3 is 5.97 Å². The normalized spacial score (nSPS) is 36.0. The van der Waals surface area contributed by atoms with Crippen LogP contribution >= 0.6 is 0 Å². The second-order valence-electron chi connectivity index (χ2n) is 6.21. The maximum atomic E-state index is 12.8. The third kappa shape index (κ3) is 2.48. The molecule has 0 aliphatic carbocycles. The lowest BCUT2D eigenvalue weighted by Crippen LogP contribution is -2.66. The van der Waals surface area contributed by atoms with Gasteiger partial charge in [0.2, 0.25) is 5.91 Å². The first-order valence-corrected chi connectivity index (χ1v) is 7.21. The molecule has 0 bridgehead atoms. The van der Waals surface area contributed by atoms with Crippen LogP contribution in [0, 0.1) is 0 Å². The average molecular weight is 268 g/mol. The lowest BCUT2D eigenvalue weighted by atomic mass is 9.83. The van der Waals surface area contributed by atoms with Crippen LogP contribution in [-0.2, 0) is 9.59 Å². The summed E-state index contributed by atoms with van der Waals surface area (Å²) in [6, 6.07) is 0. The Morgan fingerprint density at radius 1 is 1.11 bits per heavy atom. The highest BCUT2D eigenvalue weighted by Crippen LogP contribution is 2.32. The third-order valence-corrected chi connectivity index (χ3v) is 4.69. The van der Waals surface area contributed by atoms with Crippen molar-refractivity contribution in [2.45, 2.75) is 63.5 Å². The monoisotopic (exact) mass is 268 g/mol. The number of hydrogen-bond donors (Lipinski definition) is 2. The van der Waals surface area contributed by atoms with Crippen molar-refractivity contribution in [1.82, 2.24) is 10.2 Å². The molecule has 2 unspecified atom stereocenters. The van der Waals surface area contributed by atoms with Crippen LogP contribution in [-0.4, -0.2) is 46.1 Å². The van der Waals surface area contributed by atoms with Gasteiger partial charge in [0.05, 0.1) is 5.54 Å². The molecule has 2 aliphatic heterocycles. The van der Waals surface area contributed by atoms with Crippen LogP contribution in [0.5, 0.6) is 0 Å². The summed E-state index contributed by atoms with van der Waals surface area (Å²) in [6.07, 6.45) is 5.20. The number of hydrogen-bond acceptors (Lipinski definition) is 3. The SMILES string of the molecule is CC1(C(=O)N2CCCCC2(C)C(=O)O)CCCCN1. The highest BCUT2D eigenvalue weighted by molar-refractivity contribution is 5.92. The van der Waals surface area contributed by atoms with Crippen molar-refractivity contribution in [3.05, 3.63) is 0 Å². The third-order valence-electron chi connectivity index (χ3n) is 4.69. The van der Waals surface area contributed by atoms with E-state index in [9.17, 15) is 14.7 Å². The van der Waals surface area contributed by atoms with E-state index in [1.807, 2.05) is 6.92 Å². The summed E-state index contributed by atoms with van der Waals surface area (Å²) in [5.41, 5.74) is -1.64. The fourth-order valence-electron chi connectivity index (χ4n) is 3.21. The van der Waals surface area contributed by atoms with E-state index >= 15 is 0 Å². The van der Waals surface area contributed by atoms with E-state index in [2.05, 4.69) is 5.32 Å². The molecule has 2 atom stereocenters. The molecule has 1 amide bonds. The van der Waals surface area contributed by atoms with Gasteiger partial charge in [0, 0.05) is 6.54 Å². The first-order valence-electron chi connectivity index (χ1n) is 7.21. The van der Waals surface area contributed by atoms with E-state index in [0.717, 1.165) is 38.6 Å². The van der Waals surface area contributed by atoms with E-state index < -0.39 is 17.0 Å². The second kappa shape index (κ2) is 5.12. The standard InChI is InChI=1S/C14H24N2O3/c1-13(7-3-5-9-15-13)11(17)16-10-6-4-8-14(16,2)12(18)19/h15H,3-10H2,1-2H3,(H,18,19). The van der Waals surface area contributed by atoms with Crippen LogP contribution < -0.4 is 5.32 Å². The average Bonchev–Trinajstić information content (AvgIpc) is 2.39. The number of carboxylic acid groups (broad SMARTS) is 1. The van der Waals surface area contributed by atoms with Gasteiger partial charge in [-0.05, 0) is 58.9 Å². The van der Waals surface area contributed by atoms with Gasteiger partial charge in [-0.1, -0.05) is 0 Å². The van der Waals surface area contributed by atoms with E-state index in [1.54, 1.807) is 11.8 Å². The molecule has 2 saturated heterocycles. The van der Waals surface area contributed by atoms with Crippen LogP contribution in [0.2, 0.25) is 0 Å². The maximum Gasteiger partial charge on any atom is 0.329 e. The number of carbonyl (C=O) groups is 2. The number of amides is 1. The zero-order chi connectivity index (χ0) is 14.1. The molecule has 2 aliphatic rings. The minimum absolute atomic E-state index is 0.0446. The molecule has 108 valence electrons. The molecule has 0 aromatic carbocycles. The van der Waals surface area contributed by atoms with Gasteiger partial charge in [-0.25, -0.2) is 4.79 Å². The van der Waals surface area contributed by atoms with E-state index in [-0.39, 0.29) is 5.91 Å². The molecule has 2 rings (SSSR count). The molecule has 0 saturated carbocycles. The first kappa shape index (κ1) is 14.3. The van der Waals surface area contributed by atoms with Crippen LogP contribution in [0.25, 0.3) is 0 Å². The Morgan fingerprint density at radius 2 is 1.79 bits per heavy atom. The Hall–Kier alpha value is -1.10. The summed E-state index contributed by atoms with van der Waals surface area (Å²) >= 11 is 0. The van der Waals surface area contributed by atoms with Crippen molar-refractivity contribution in [2.24, 2.45) is 0 Å². The minimum Gasteiger partial charge on any atom is -0.480 e. The molecular weight excluding hydrogens is 244 g/mol. The van der Waals surface area contributed by atoms with Crippen LogP contribution in [0.15, 0.2) is 0 Å². The lowest BCUT2D eigenvalue weighted by Gasteiger charge is -2.46. The van der Waals surface area contributed by atoms with E-state index in [0.29, 0.717) is 13.0 Å². The predicted molar refractivity (Wildman–Crippen MR) is 71.9 cm³/mol. The number of rotatable bonds is 2. The Balaban J connectivity index is 2.22. The number of nitrogens with zero attached hydrogens (tertiary/aromatic N) is 1. The smallest absolute Gasteiger partial charge is 0.329 e. The molecular formula is C14H24N2O3. The zero-order valence-corrected chi connectivity index (χ0v) is 11.9. The Labute approximate surface area is 114 Å². The van der Waals surface area contributed by atoms with Gasteiger partial charge in [-0.2, -0.15) is 0 Å². The number of likely N-dealkylation sites (tertiary alicyclic amines) is 1. The Bertz CT molecular complexity index is 377. The fourth-order valence-corrected chi connectivity index (χ4v) is 3.21. The molecule has 0 aromatic heterocycles. The minimum atomic E-state index is -1.04. The van der Waals surface area contributed by atoms with Gasteiger partial charge in [0.1, 0.15) is 5.54 Å². The summed E-state index contributed by atoms with van der Waals surface area (Å²) in [5.74, 6) is -0.934. The summed E-state index contributed by atoms with van der Waals surface area (Å²) in [4.78, 5) is 26.0. The predicted octanol–water partition coefficient (Wildman–Crippen LogP) is 1.37. The molecule has 0 radical (unpaired) electrons. The van der Waals surface area contributed by atoms with Gasteiger partial charge in [0.25, 0.3) is 0 Å². The molecule has 19 heavy (non-hydrogen) atoms. The molecule has 5 heteroatoms. The van der Waals surface area contributed by atoms with Crippen molar-refractivity contribution in [2.75, 3.05) is 13.1 Å². The lowest BCUT2D eigenvalue weighted by molar-refractivity contribution is -0.164.